The van der Waals surface area contributed by atoms with Gasteiger partial charge in [-0.3, -0.25) is 0 Å². The molecule has 0 atom stereocenters. The predicted molar refractivity (Wildman–Crippen MR) is 262 cm³/mol. The molecule has 3 heteroatoms. The number of fused-ring (bicyclic) bond motifs is 6. The summed E-state index contributed by atoms with van der Waals surface area (Å²) < 4.78 is 10.9. The van der Waals surface area contributed by atoms with Gasteiger partial charge in [0, 0.05) is 40.5 Å². The van der Waals surface area contributed by atoms with Crippen LogP contribution in [0.4, 0.5) is 0 Å². The van der Waals surface area contributed by atoms with E-state index >= 15 is 0 Å². The molecule has 0 N–H and O–H groups in total. The van der Waals surface area contributed by atoms with Crippen LogP contribution in [0.5, 0.6) is 0 Å². The van der Waals surface area contributed by atoms with Gasteiger partial charge in [-0.05, 0) is 115 Å². The molecular weight excluding hydrogens is 777 g/mol. The topological polar surface area (TPSA) is 20.9 Å². The highest BCUT2D eigenvalue weighted by molar-refractivity contribution is 6.13. The number of rotatable bonds is 7. The molecule has 64 heavy (non-hydrogen) atoms. The van der Waals surface area contributed by atoms with Crippen LogP contribution in [-0.4, -0.2) is 0 Å². The SMILES string of the molecule is CC1(C)c2ccccc2-c2cc(-c3ccc(-[n+]4cc(-c5cccc(-c6cccc7oc8ccc(-c9ccc(-c%10ccccc%10)cc9)cc8c67)c5)c[n+](-c5ccccc5)c4)cc3)ccc21. The molecule has 0 saturated heterocycles. The van der Waals surface area contributed by atoms with Crippen LogP contribution in [0.3, 0.4) is 0 Å². The zero-order valence-corrected chi connectivity index (χ0v) is 35.7. The first-order valence-corrected chi connectivity index (χ1v) is 22.0. The monoisotopic (exact) mass is 820 g/mol. The van der Waals surface area contributed by atoms with Gasteiger partial charge in [-0.15, -0.1) is 9.13 Å². The van der Waals surface area contributed by atoms with E-state index in [1.165, 1.54) is 50.1 Å². The molecule has 0 radical (unpaired) electrons. The van der Waals surface area contributed by atoms with E-state index in [1.54, 1.807) is 0 Å². The lowest BCUT2D eigenvalue weighted by Gasteiger charge is -2.21. The van der Waals surface area contributed by atoms with E-state index in [1.807, 2.05) is 0 Å². The lowest BCUT2D eigenvalue weighted by Crippen LogP contribution is -2.44. The Morgan fingerprint density at radius 3 is 1.62 bits per heavy atom. The summed E-state index contributed by atoms with van der Waals surface area (Å²) in [7, 11) is 0. The highest BCUT2D eigenvalue weighted by Crippen LogP contribution is 2.49. The van der Waals surface area contributed by atoms with Gasteiger partial charge in [-0.2, -0.15) is 0 Å². The van der Waals surface area contributed by atoms with Gasteiger partial charge in [-0.1, -0.05) is 159 Å². The second kappa shape index (κ2) is 15.0. The minimum atomic E-state index is -0.00813. The molecular formula is C61H44N2O+2. The van der Waals surface area contributed by atoms with Gasteiger partial charge in [0.25, 0.3) is 0 Å². The zero-order chi connectivity index (χ0) is 42.8. The molecule has 2 heterocycles. The molecule has 302 valence electrons. The maximum atomic E-state index is 6.50. The summed E-state index contributed by atoms with van der Waals surface area (Å²) in [5.41, 5.74) is 21.1. The van der Waals surface area contributed by atoms with Crippen molar-refractivity contribution in [1.82, 2.24) is 0 Å². The molecule has 11 aromatic rings. The second-order valence-electron chi connectivity index (χ2n) is 17.5. The first-order chi connectivity index (χ1) is 31.4. The average Bonchev–Trinajstić information content (AvgIpc) is 3.85. The summed E-state index contributed by atoms with van der Waals surface area (Å²) in [5.74, 6) is 0. The second-order valence-corrected chi connectivity index (χ2v) is 17.5. The predicted octanol–water partition coefficient (Wildman–Crippen LogP) is 14.8. The van der Waals surface area contributed by atoms with Crippen LogP contribution in [0, 0.1) is 0 Å². The maximum Gasteiger partial charge on any atom is 0.418 e. The minimum absolute atomic E-state index is 0.00813. The van der Waals surface area contributed by atoms with Crippen molar-refractivity contribution in [3.8, 4) is 78.1 Å². The van der Waals surface area contributed by atoms with Crippen molar-refractivity contribution >= 4 is 21.9 Å². The van der Waals surface area contributed by atoms with Crippen LogP contribution in [0.25, 0.3) is 100 Å². The van der Waals surface area contributed by atoms with E-state index < -0.39 is 0 Å². The standard InChI is InChI=1S/C61H44N2O/c1-61(2)56-21-10-9-19-53(56)54-36-46(29-33-57(54)61)44-27-31-51(32-28-44)63-39-49(38-62(40-63)50-17-7-4-8-18-50)45-15-11-16-48(35-45)52-20-12-22-59-60(52)55-37-47(30-34-58(55)64-59)43-25-23-42(24-26-43)41-13-5-3-6-14-41/h3-40H,1-2H3/q+2. The van der Waals surface area contributed by atoms with Gasteiger partial charge < -0.3 is 4.42 Å². The van der Waals surface area contributed by atoms with E-state index in [-0.39, 0.29) is 5.41 Å². The Hall–Kier alpha value is -8.14. The first-order valence-electron chi connectivity index (χ1n) is 22.0. The molecule has 0 spiro atoms. The van der Waals surface area contributed by atoms with Crippen molar-refractivity contribution in [3.63, 3.8) is 0 Å². The van der Waals surface area contributed by atoms with Crippen LogP contribution in [0.15, 0.2) is 235 Å². The van der Waals surface area contributed by atoms with Gasteiger partial charge in [0.2, 0.25) is 11.4 Å². The molecule has 0 unspecified atom stereocenters. The summed E-state index contributed by atoms with van der Waals surface area (Å²) in [6, 6.07) is 76.5. The Morgan fingerprint density at radius 1 is 0.344 bits per heavy atom. The van der Waals surface area contributed by atoms with Crippen LogP contribution in [0.1, 0.15) is 25.0 Å². The lowest BCUT2D eigenvalue weighted by atomic mass is 9.82. The number of nitrogens with zero attached hydrogens (tertiary/aromatic N) is 2. The van der Waals surface area contributed by atoms with Gasteiger partial charge in [0.05, 0.1) is 0 Å². The number of aromatic nitrogens is 2. The highest BCUT2D eigenvalue weighted by atomic mass is 16.3. The third kappa shape index (κ3) is 6.44. The quantitative estimate of drug-likeness (QED) is 0.147. The fourth-order valence-corrected chi connectivity index (χ4v) is 9.89. The molecule has 1 aliphatic rings. The molecule has 0 fully saturated rings. The third-order valence-corrected chi connectivity index (χ3v) is 13.3. The molecule has 3 nitrogen and oxygen atoms in total. The molecule has 2 aromatic heterocycles. The van der Waals surface area contributed by atoms with Crippen molar-refractivity contribution in [3.05, 3.63) is 242 Å². The van der Waals surface area contributed by atoms with E-state index in [9.17, 15) is 0 Å². The van der Waals surface area contributed by atoms with Crippen molar-refractivity contribution < 1.29 is 13.6 Å². The van der Waals surface area contributed by atoms with Gasteiger partial charge >= 0.3 is 6.33 Å². The van der Waals surface area contributed by atoms with E-state index in [4.69, 9.17) is 4.42 Å². The largest absolute Gasteiger partial charge is 0.456 e. The zero-order valence-electron chi connectivity index (χ0n) is 35.7. The van der Waals surface area contributed by atoms with Crippen molar-refractivity contribution in [2.24, 2.45) is 0 Å². The van der Waals surface area contributed by atoms with Crippen LogP contribution in [-0.2, 0) is 5.41 Å². The molecule has 0 saturated carbocycles. The van der Waals surface area contributed by atoms with Crippen molar-refractivity contribution in [1.29, 1.82) is 0 Å². The first kappa shape index (κ1) is 37.6. The number of para-hydroxylation sites is 1. The van der Waals surface area contributed by atoms with Crippen molar-refractivity contribution in [2.75, 3.05) is 0 Å². The average molecular weight is 821 g/mol. The summed E-state index contributed by atoms with van der Waals surface area (Å²) in [5, 5.41) is 2.23. The fraction of sp³-hybridized carbons (Fsp3) is 0.0492. The Labute approximate surface area is 373 Å². The Balaban J connectivity index is 0.911. The normalized spacial score (nSPS) is 12.7. The van der Waals surface area contributed by atoms with E-state index in [0.717, 1.165) is 61.1 Å². The highest BCUT2D eigenvalue weighted by Gasteiger charge is 2.35. The summed E-state index contributed by atoms with van der Waals surface area (Å²) in [4.78, 5) is 0. The molecule has 0 bridgehead atoms. The van der Waals surface area contributed by atoms with Crippen LogP contribution < -0.4 is 9.13 Å². The number of hydrogen-bond acceptors (Lipinski definition) is 1. The lowest BCUT2D eigenvalue weighted by molar-refractivity contribution is -0.734. The molecule has 12 rings (SSSR count). The number of hydrogen-bond donors (Lipinski definition) is 0. The van der Waals surface area contributed by atoms with E-state index in [2.05, 4.69) is 254 Å². The molecule has 0 aliphatic heterocycles. The third-order valence-electron chi connectivity index (χ3n) is 13.3. The number of furan rings is 1. The van der Waals surface area contributed by atoms with Crippen molar-refractivity contribution in [2.45, 2.75) is 19.3 Å². The van der Waals surface area contributed by atoms with E-state index in [0.29, 0.717) is 0 Å². The number of benzene rings is 9. The fourth-order valence-electron chi connectivity index (χ4n) is 9.89. The Kier molecular flexibility index (Phi) is 8.84. The molecule has 1 aliphatic carbocycles. The Bertz CT molecular complexity index is 3550. The summed E-state index contributed by atoms with van der Waals surface area (Å²) in [6.07, 6.45) is 6.63. The van der Waals surface area contributed by atoms with Gasteiger partial charge in [0.15, 0.2) is 12.4 Å². The summed E-state index contributed by atoms with van der Waals surface area (Å²) in [6.45, 7) is 4.67. The smallest absolute Gasteiger partial charge is 0.418 e. The summed E-state index contributed by atoms with van der Waals surface area (Å²) >= 11 is 0. The maximum absolute atomic E-state index is 6.50. The minimum Gasteiger partial charge on any atom is -0.456 e. The van der Waals surface area contributed by atoms with Gasteiger partial charge in [-0.25, -0.2) is 0 Å². The molecule has 9 aromatic carbocycles. The molecule has 0 amide bonds. The van der Waals surface area contributed by atoms with Crippen LogP contribution >= 0.6 is 0 Å². The van der Waals surface area contributed by atoms with Crippen LogP contribution in [0.2, 0.25) is 0 Å². The Morgan fingerprint density at radius 2 is 0.859 bits per heavy atom. The van der Waals surface area contributed by atoms with Gasteiger partial charge in [0.1, 0.15) is 16.7 Å².